The molecule has 4 rings (SSSR count). The fourth-order valence-corrected chi connectivity index (χ4v) is 5.09. The van der Waals surface area contributed by atoms with Crippen molar-refractivity contribution in [3.63, 3.8) is 0 Å². The predicted octanol–water partition coefficient (Wildman–Crippen LogP) is 4.70. The van der Waals surface area contributed by atoms with E-state index in [1.165, 1.54) is 6.92 Å². The molecule has 0 radical (unpaired) electrons. The lowest BCUT2D eigenvalue weighted by atomic mass is 9.98. The van der Waals surface area contributed by atoms with Crippen molar-refractivity contribution in [2.24, 2.45) is 0 Å². The van der Waals surface area contributed by atoms with Gasteiger partial charge in [-0.25, -0.2) is 14.2 Å². The molecule has 10 heteroatoms. The first-order valence-electron chi connectivity index (χ1n) is 11.3. The Balaban J connectivity index is 1.35. The number of carboxylic acids is 1. The van der Waals surface area contributed by atoms with E-state index < -0.39 is 32.0 Å². The maximum atomic E-state index is 12.5. The Labute approximate surface area is 208 Å². The number of hydrogen-bond acceptors (Lipinski definition) is 6. The third kappa shape index (κ3) is 6.01. The fraction of sp³-hybridized carbons (Fsp3) is 0.231. The minimum Gasteiger partial charge on any atom is -0.480 e. The van der Waals surface area contributed by atoms with Gasteiger partial charge >= 0.3 is 19.9 Å². The van der Waals surface area contributed by atoms with E-state index >= 15 is 0 Å². The number of aliphatic carboxylic acids is 1. The fourth-order valence-electron chi connectivity index (χ4n) is 4.18. The highest BCUT2D eigenvalue weighted by molar-refractivity contribution is 7.47. The number of ether oxygens (including phenoxy) is 1. The van der Waals surface area contributed by atoms with Crippen LogP contribution in [-0.2, 0) is 29.8 Å². The molecule has 1 aliphatic carbocycles. The lowest BCUT2D eigenvalue weighted by Gasteiger charge is -2.24. The lowest BCUT2D eigenvalue weighted by molar-refractivity contribution is -0.141. The maximum absolute atomic E-state index is 12.5. The Morgan fingerprint density at radius 1 is 0.944 bits per heavy atom. The summed E-state index contributed by atoms with van der Waals surface area (Å²) in [5.41, 5.74) is 4.77. The van der Waals surface area contributed by atoms with E-state index in [2.05, 4.69) is 5.32 Å². The molecule has 0 spiro atoms. The Morgan fingerprint density at radius 2 is 1.50 bits per heavy atom. The zero-order valence-electron chi connectivity index (χ0n) is 19.4. The number of carbonyl (C=O) groups is 2. The van der Waals surface area contributed by atoms with Gasteiger partial charge in [0.2, 0.25) is 0 Å². The van der Waals surface area contributed by atoms with Crippen molar-refractivity contribution in [1.82, 2.24) is 5.32 Å². The summed E-state index contributed by atoms with van der Waals surface area (Å²) >= 11 is 0. The number of amides is 1. The van der Waals surface area contributed by atoms with E-state index in [4.69, 9.17) is 13.8 Å². The van der Waals surface area contributed by atoms with E-state index in [9.17, 15) is 24.2 Å². The molecular weight excluding hydrogens is 485 g/mol. The second-order valence-electron chi connectivity index (χ2n) is 8.32. The van der Waals surface area contributed by atoms with Crippen LogP contribution in [0.25, 0.3) is 11.1 Å². The number of carboxylic acid groups (broad SMARTS) is 1. The molecule has 0 saturated carbocycles. The molecule has 1 amide bonds. The summed E-state index contributed by atoms with van der Waals surface area (Å²) in [5, 5.41) is 11.8. The van der Waals surface area contributed by atoms with Crippen molar-refractivity contribution < 1.29 is 37.9 Å². The molecule has 0 heterocycles. The number of phosphoric acid groups is 1. The topological polar surface area (TPSA) is 131 Å². The quantitative estimate of drug-likeness (QED) is 0.334. The summed E-state index contributed by atoms with van der Waals surface area (Å²) in [6, 6.07) is 22.6. The molecule has 0 aromatic heterocycles. The molecule has 0 fully saturated rings. The standard InChI is InChI=1S/C26H26NO8P/c1-17(35-36(31,32)34-15-18-9-3-2-4-10-18)24(25(28)29)27-26(30)33-16-23-21-13-7-5-11-19(21)20-12-6-8-14-22(20)23/h2-14,17,23-24H,15-16H2,1H3,(H,27,30)(H,28,29)(H,31,32)/t17-,24?/m1/s1. The average molecular weight is 511 g/mol. The molecule has 3 aromatic rings. The highest BCUT2D eigenvalue weighted by atomic mass is 31.2. The van der Waals surface area contributed by atoms with Crippen LogP contribution in [0, 0.1) is 0 Å². The van der Waals surface area contributed by atoms with E-state index in [1.54, 1.807) is 30.3 Å². The molecule has 9 nitrogen and oxygen atoms in total. The molecule has 188 valence electrons. The van der Waals surface area contributed by atoms with E-state index in [0.717, 1.165) is 22.3 Å². The van der Waals surface area contributed by atoms with Gasteiger partial charge in [0.25, 0.3) is 0 Å². The summed E-state index contributed by atoms with van der Waals surface area (Å²) in [6.07, 6.45) is -2.38. The first kappa shape index (κ1) is 25.6. The predicted molar refractivity (Wildman–Crippen MR) is 131 cm³/mol. The van der Waals surface area contributed by atoms with Crippen LogP contribution in [0.1, 0.15) is 29.5 Å². The molecule has 36 heavy (non-hydrogen) atoms. The van der Waals surface area contributed by atoms with Crippen molar-refractivity contribution >= 4 is 19.9 Å². The van der Waals surface area contributed by atoms with Gasteiger partial charge in [-0.3, -0.25) is 9.05 Å². The van der Waals surface area contributed by atoms with Gasteiger partial charge in [-0.15, -0.1) is 0 Å². The van der Waals surface area contributed by atoms with Crippen molar-refractivity contribution in [3.05, 3.63) is 95.6 Å². The van der Waals surface area contributed by atoms with Gasteiger partial charge in [-0.1, -0.05) is 78.9 Å². The average Bonchev–Trinajstić information content (AvgIpc) is 3.18. The Kier molecular flexibility index (Phi) is 7.86. The number of nitrogens with one attached hydrogen (secondary N) is 1. The molecule has 3 N–H and O–H groups in total. The number of alkyl carbamates (subject to hydrolysis) is 1. The van der Waals surface area contributed by atoms with E-state index in [1.807, 2.05) is 48.5 Å². The van der Waals surface area contributed by atoms with Crippen molar-refractivity contribution in [3.8, 4) is 11.1 Å². The second-order valence-corrected chi connectivity index (χ2v) is 9.73. The molecule has 0 saturated heterocycles. The van der Waals surface area contributed by atoms with Gasteiger partial charge in [-0.2, -0.15) is 0 Å². The number of rotatable bonds is 10. The van der Waals surface area contributed by atoms with Gasteiger partial charge in [0.15, 0.2) is 6.04 Å². The summed E-state index contributed by atoms with van der Waals surface area (Å²) in [7, 11) is -4.61. The zero-order chi connectivity index (χ0) is 25.7. The molecule has 0 aliphatic heterocycles. The summed E-state index contributed by atoms with van der Waals surface area (Å²) in [5.74, 6) is -1.66. The van der Waals surface area contributed by atoms with Crippen LogP contribution >= 0.6 is 7.82 Å². The van der Waals surface area contributed by atoms with Gasteiger partial charge < -0.3 is 20.1 Å². The number of phosphoric ester groups is 1. The highest BCUT2D eigenvalue weighted by Crippen LogP contribution is 2.46. The van der Waals surface area contributed by atoms with Crippen LogP contribution in [-0.4, -0.2) is 40.8 Å². The molecular formula is C26H26NO8P. The normalized spacial score (nSPS) is 15.7. The Hall–Kier alpha value is -3.49. The molecule has 1 aliphatic rings. The summed E-state index contributed by atoms with van der Waals surface area (Å²) in [6.45, 7) is 1.02. The van der Waals surface area contributed by atoms with Crippen molar-refractivity contribution in [2.45, 2.75) is 31.6 Å². The van der Waals surface area contributed by atoms with Crippen LogP contribution < -0.4 is 5.32 Å². The van der Waals surface area contributed by atoms with Crippen LogP contribution in [0.4, 0.5) is 4.79 Å². The monoisotopic (exact) mass is 511 g/mol. The Morgan fingerprint density at radius 3 is 2.08 bits per heavy atom. The first-order chi connectivity index (χ1) is 17.2. The van der Waals surface area contributed by atoms with Gasteiger partial charge in [0, 0.05) is 5.92 Å². The third-order valence-corrected chi connectivity index (χ3v) is 6.94. The number of benzene rings is 3. The van der Waals surface area contributed by atoms with Crippen molar-refractivity contribution in [2.75, 3.05) is 6.61 Å². The first-order valence-corrected chi connectivity index (χ1v) is 12.8. The number of hydrogen-bond donors (Lipinski definition) is 3. The minimum absolute atomic E-state index is 0.0138. The zero-order valence-corrected chi connectivity index (χ0v) is 20.3. The molecule has 3 atom stereocenters. The maximum Gasteiger partial charge on any atom is 0.472 e. The van der Waals surface area contributed by atoms with Crippen molar-refractivity contribution in [1.29, 1.82) is 0 Å². The smallest absolute Gasteiger partial charge is 0.472 e. The van der Waals surface area contributed by atoms with Crippen LogP contribution in [0.2, 0.25) is 0 Å². The minimum atomic E-state index is -4.61. The largest absolute Gasteiger partial charge is 0.480 e. The lowest BCUT2D eigenvalue weighted by Crippen LogP contribution is -2.48. The van der Waals surface area contributed by atoms with E-state index in [0.29, 0.717) is 5.56 Å². The van der Waals surface area contributed by atoms with Gasteiger partial charge in [0.05, 0.1) is 12.7 Å². The van der Waals surface area contributed by atoms with Gasteiger partial charge in [-0.05, 0) is 34.7 Å². The van der Waals surface area contributed by atoms with Crippen LogP contribution in [0.5, 0.6) is 0 Å². The molecule has 0 bridgehead atoms. The highest BCUT2D eigenvalue weighted by Gasteiger charge is 2.35. The van der Waals surface area contributed by atoms with Crippen LogP contribution in [0.3, 0.4) is 0 Å². The van der Waals surface area contributed by atoms with Crippen LogP contribution in [0.15, 0.2) is 78.9 Å². The molecule has 2 unspecified atom stereocenters. The Bertz CT molecular complexity index is 1240. The number of fused-ring (bicyclic) bond motifs is 3. The summed E-state index contributed by atoms with van der Waals surface area (Å²) < 4.78 is 27.6. The second kappa shape index (κ2) is 11.1. The SMILES string of the molecule is C[C@@H](OP(=O)(O)OCc1ccccc1)C(NC(=O)OCC1c2ccccc2-c2ccccc21)C(=O)O. The molecule has 3 aromatic carbocycles. The van der Waals surface area contributed by atoms with Gasteiger partial charge in [0.1, 0.15) is 6.61 Å². The van der Waals surface area contributed by atoms with E-state index in [-0.39, 0.29) is 19.1 Å². The number of carbonyl (C=O) groups excluding carboxylic acids is 1. The summed E-state index contributed by atoms with van der Waals surface area (Å²) in [4.78, 5) is 34.3. The third-order valence-electron chi connectivity index (χ3n) is 5.89.